The van der Waals surface area contributed by atoms with Crippen LogP contribution >= 0.6 is 35.2 Å². The zero-order valence-corrected chi connectivity index (χ0v) is 16.9. The maximum absolute atomic E-state index is 12.3. The lowest BCUT2D eigenvalue weighted by Crippen LogP contribution is -2.34. The normalized spacial score (nSPS) is 10.6. The SMILES string of the molecule is O=C(NC(=S)Nc1nc(-c2cccc3ccccc23)cs1)c1ccccc1Cl. The number of halogens is 1. The maximum Gasteiger partial charge on any atom is 0.258 e. The van der Waals surface area contributed by atoms with E-state index in [2.05, 4.69) is 33.8 Å². The molecule has 1 aromatic heterocycles. The molecule has 0 saturated carbocycles. The summed E-state index contributed by atoms with van der Waals surface area (Å²) < 4.78 is 0. The first-order valence-electron chi connectivity index (χ1n) is 8.42. The lowest BCUT2D eigenvalue weighted by Gasteiger charge is -2.08. The van der Waals surface area contributed by atoms with E-state index in [4.69, 9.17) is 23.8 Å². The van der Waals surface area contributed by atoms with Gasteiger partial charge in [-0.3, -0.25) is 10.1 Å². The molecule has 0 bridgehead atoms. The third kappa shape index (κ3) is 3.89. The van der Waals surface area contributed by atoms with Gasteiger partial charge in [0.15, 0.2) is 10.2 Å². The molecule has 0 aliphatic rings. The van der Waals surface area contributed by atoms with Crippen molar-refractivity contribution in [1.29, 1.82) is 0 Å². The number of aromatic nitrogens is 1. The number of thiazole rings is 1. The van der Waals surface area contributed by atoms with E-state index in [-0.39, 0.29) is 11.0 Å². The van der Waals surface area contributed by atoms with Crippen LogP contribution in [0, 0.1) is 0 Å². The van der Waals surface area contributed by atoms with Crippen LogP contribution < -0.4 is 10.6 Å². The molecule has 7 heteroatoms. The fourth-order valence-corrected chi connectivity index (χ4v) is 4.04. The molecule has 0 aliphatic heterocycles. The lowest BCUT2D eigenvalue weighted by atomic mass is 10.0. The summed E-state index contributed by atoms with van der Waals surface area (Å²) in [7, 11) is 0. The largest absolute Gasteiger partial charge is 0.308 e. The molecular weight excluding hydrogens is 410 g/mol. The number of thiocarbonyl (C=S) groups is 1. The van der Waals surface area contributed by atoms with Gasteiger partial charge in [0.1, 0.15) is 0 Å². The molecule has 0 radical (unpaired) electrons. The Kier molecular flexibility index (Phi) is 5.34. The van der Waals surface area contributed by atoms with Gasteiger partial charge in [-0.05, 0) is 35.1 Å². The van der Waals surface area contributed by atoms with Crippen molar-refractivity contribution in [2.45, 2.75) is 0 Å². The molecule has 3 aromatic carbocycles. The first kappa shape index (κ1) is 18.6. The Morgan fingerprint density at radius 1 is 1.00 bits per heavy atom. The molecule has 0 saturated heterocycles. The molecule has 4 rings (SSSR count). The van der Waals surface area contributed by atoms with E-state index in [9.17, 15) is 4.79 Å². The van der Waals surface area contributed by atoms with Crippen LogP contribution in [0.5, 0.6) is 0 Å². The molecule has 0 atom stereocenters. The number of fused-ring (bicyclic) bond motifs is 1. The molecule has 0 aliphatic carbocycles. The minimum absolute atomic E-state index is 0.170. The van der Waals surface area contributed by atoms with Crippen LogP contribution in [-0.2, 0) is 0 Å². The second-order valence-electron chi connectivity index (χ2n) is 5.95. The van der Waals surface area contributed by atoms with Gasteiger partial charge in [-0.2, -0.15) is 0 Å². The van der Waals surface area contributed by atoms with Gasteiger partial charge in [0.25, 0.3) is 5.91 Å². The maximum atomic E-state index is 12.3. The molecule has 0 unspecified atom stereocenters. The quantitative estimate of drug-likeness (QED) is 0.412. The second-order valence-corrected chi connectivity index (χ2v) is 7.63. The average molecular weight is 424 g/mol. The standard InChI is InChI=1S/C21H14ClN3OS2/c22-17-11-4-3-9-16(17)19(26)24-20(27)25-21-23-18(12-28-21)15-10-5-7-13-6-1-2-8-14(13)15/h1-12H,(H2,23,24,25,26,27). The Labute approximate surface area is 176 Å². The van der Waals surface area contributed by atoms with Crippen LogP contribution in [0.2, 0.25) is 5.02 Å². The minimum Gasteiger partial charge on any atom is -0.308 e. The molecule has 1 amide bonds. The second kappa shape index (κ2) is 8.06. The fourth-order valence-electron chi connectivity index (χ4n) is 2.85. The molecule has 4 aromatic rings. The van der Waals surface area contributed by atoms with Gasteiger partial charge in [0.05, 0.1) is 16.3 Å². The zero-order valence-electron chi connectivity index (χ0n) is 14.5. The van der Waals surface area contributed by atoms with Crippen LogP contribution in [0.1, 0.15) is 10.4 Å². The smallest absolute Gasteiger partial charge is 0.258 e. The van der Waals surface area contributed by atoms with E-state index in [1.807, 2.05) is 29.6 Å². The highest BCUT2D eigenvalue weighted by molar-refractivity contribution is 7.80. The van der Waals surface area contributed by atoms with Gasteiger partial charge in [-0.1, -0.05) is 66.2 Å². The van der Waals surface area contributed by atoms with E-state index in [1.165, 1.54) is 11.3 Å². The highest BCUT2D eigenvalue weighted by Gasteiger charge is 2.13. The van der Waals surface area contributed by atoms with E-state index in [1.54, 1.807) is 24.3 Å². The summed E-state index contributed by atoms with van der Waals surface area (Å²) in [5.74, 6) is -0.367. The minimum atomic E-state index is -0.367. The Bertz CT molecular complexity index is 1180. The average Bonchev–Trinajstić information content (AvgIpc) is 3.15. The highest BCUT2D eigenvalue weighted by Crippen LogP contribution is 2.30. The molecule has 2 N–H and O–H groups in total. The Morgan fingerprint density at radius 3 is 2.61 bits per heavy atom. The van der Waals surface area contributed by atoms with Gasteiger partial charge < -0.3 is 5.32 Å². The van der Waals surface area contributed by atoms with Crippen molar-refractivity contribution < 1.29 is 4.79 Å². The first-order valence-corrected chi connectivity index (χ1v) is 10.1. The van der Waals surface area contributed by atoms with Gasteiger partial charge in [0, 0.05) is 10.9 Å². The number of rotatable bonds is 3. The van der Waals surface area contributed by atoms with Gasteiger partial charge in [-0.15, -0.1) is 11.3 Å². The van der Waals surface area contributed by atoms with Crippen LogP contribution in [0.15, 0.2) is 72.1 Å². The fraction of sp³-hybridized carbons (Fsp3) is 0. The summed E-state index contributed by atoms with van der Waals surface area (Å²) in [6.07, 6.45) is 0. The van der Waals surface area contributed by atoms with E-state index in [0.29, 0.717) is 15.7 Å². The molecule has 138 valence electrons. The van der Waals surface area contributed by atoms with Crippen molar-refractivity contribution in [1.82, 2.24) is 10.3 Å². The van der Waals surface area contributed by atoms with Crippen LogP contribution in [0.3, 0.4) is 0 Å². The summed E-state index contributed by atoms with van der Waals surface area (Å²) in [4.78, 5) is 16.9. The van der Waals surface area contributed by atoms with Crippen molar-refractivity contribution in [3.05, 3.63) is 82.7 Å². The van der Waals surface area contributed by atoms with E-state index >= 15 is 0 Å². The Balaban J connectivity index is 1.50. The molecule has 1 heterocycles. The predicted octanol–water partition coefficient (Wildman–Crippen LogP) is 5.74. The third-order valence-corrected chi connectivity index (χ3v) is 5.43. The first-order chi connectivity index (χ1) is 13.6. The number of carbonyl (C=O) groups excluding carboxylic acids is 1. The number of nitrogens with one attached hydrogen (secondary N) is 2. The Morgan fingerprint density at radius 2 is 1.75 bits per heavy atom. The molecule has 4 nitrogen and oxygen atoms in total. The summed E-state index contributed by atoms with van der Waals surface area (Å²) in [6.45, 7) is 0. The summed E-state index contributed by atoms with van der Waals surface area (Å²) in [6, 6.07) is 21.1. The molecule has 28 heavy (non-hydrogen) atoms. The van der Waals surface area contributed by atoms with Crippen molar-refractivity contribution >= 4 is 62.1 Å². The number of carbonyl (C=O) groups is 1. The summed E-state index contributed by atoms with van der Waals surface area (Å²) >= 11 is 12.7. The summed E-state index contributed by atoms with van der Waals surface area (Å²) in [5.41, 5.74) is 2.27. The highest BCUT2D eigenvalue weighted by atomic mass is 35.5. The number of hydrogen-bond donors (Lipinski definition) is 2. The Hall–Kier alpha value is -2.80. The number of hydrogen-bond acceptors (Lipinski definition) is 4. The van der Waals surface area contributed by atoms with Crippen molar-refractivity contribution in [2.75, 3.05) is 5.32 Å². The third-order valence-electron chi connectivity index (χ3n) is 4.14. The van der Waals surface area contributed by atoms with Crippen LogP contribution in [0.4, 0.5) is 5.13 Å². The molecule has 0 spiro atoms. The van der Waals surface area contributed by atoms with Gasteiger partial charge in [0.2, 0.25) is 0 Å². The van der Waals surface area contributed by atoms with Gasteiger partial charge in [-0.25, -0.2) is 4.98 Å². The monoisotopic (exact) mass is 423 g/mol. The lowest BCUT2D eigenvalue weighted by molar-refractivity contribution is 0.0978. The molecule has 0 fully saturated rings. The van der Waals surface area contributed by atoms with Crippen molar-refractivity contribution in [2.24, 2.45) is 0 Å². The van der Waals surface area contributed by atoms with E-state index < -0.39 is 0 Å². The number of amides is 1. The van der Waals surface area contributed by atoms with Crippen LogP contribution in [0.25, 0.3) is 22.0 Å². The van der Waals surface area contributed by atoms with Crippen LogP contribution in [-0.4, -0.2) is 16.0 Å². The van der Waals surface area contributed by atoms with Crippen molar-refractivity contribution in [3.63, 3.8) is 0 Å². The van der Waals surface area contributed by atoms with E-state index in [0.717, 1.165) is 22.0 Å². The zero-order chi connectivity index (χ0) is 19.5. The predicted molar refractivity (Wildman–Crippen MR) is 120 cm³/mol. The van der Waals surface area contributed by atoms with Crippen molar-refractivity contribution in [3.8, 4) is 11.3 Å². The van der Waals surface area contributed by atoms with Gasteiger partial charge >= 0.3 is 0 Å². The number of benzene rings is 3. The number of anilines is 1. The number of nitrogens with zero attached hydrogens (tertiary/aromatic N) is 1. The topological polar surface area (TPSA) is 54.0 Å². The molecular formula is C21H14ClN3OS2. The summed E-state index contributed by atoms with van der Waals surface area (Å²) in [5, 5.41) is 11.0.